The van der Waals surface area contributed by atoms with E-state index in [0.717, 1.165) is 29.7 Å². The molecule has 0 spiro atoms. The monoisotopic (exact) mass is 235 g/mol. The van der Waals surface area contributed by atoms with Gasteiger partial charge in [0, 0.05) is 17.8 Å². The van der Waals surface area contributed by atoms with E-state index in [9.17, 15) is 0 Å². The fraction of sp³-hybridized carbons (Fsp3) is 0.714. The predicted molar refractivity (Wildman–Crippen MR) is 73.3 cm³/mol. The molecule has 0 saturated carbocycles. The molecule has 3 heteroatoms. The average Bonchev–Trinajstić information content (AvgIpc) is 2.25. The molecule has 1 heterocycles. The van der Waals surface area contributed by atoms with Crippen LogP contribution in [0, 0.1) is 12.8 Å². The zero-order valence-corrected chi connectivity index (χ0v) is 11.7. The van der Waals surface area contributed by atoms with Crippen LogP contribution in [0.25, 0.3) is 0 Å². The number of nitrogens with one attached hydrogen (secondary N) is 1. The van der Waals surface area contributed by atoms with Crippen molar-refractivity contribution in [1.29, 1.82) is 0 Å². The maximum atomic E-state index is 4.43. The van der Waals surface area contributed by atoms with E-state index in [4.69, 9.17) is 0 Å². The first-order valence-electron chi connectivity index (χ1n) is 6.62. The topological polar surface area (TPSA) is 37.8 Å². The first kappa shape index (κ1) is 13.9. The lowest BCUT2D eigenvalue weighted by molar-refractivity contribution is 0.527. The van der Waals surface area contributed by atoms with Gasteiger partial charge in [-0.1, -0.05) is 20.8 Å². The molecular formula is C14H25N3. The van der Waals surface area contributed by atoms with Gasteiger partial charge in [0.25, 0.3) is 0 Å². The SMILES string of the molecule is CCc1cc(NC(C)CCC(C)C)nc(C)n1. The van der Waals surface area contributed by atoms with Crippen LogP contribution in [0.2, 0.25) is 0 Å². The molecule has 0 radical (unpaired) electrons. The van der Waals surface area contributed by atoms with Crippen LogP contribution in [0.1, 0.15) is 52.1 Å². The highest BCUT2D eigenvalue weighted by atomic mass is 15.0. The highest BCUT2D eigenvalue weighted by Crippen LogP contribution is 2.12. The number of rotatable bonds is 6. The minimum Gasteiger partial charge on any atom is -0.368 e. The van der Waals surface area contributed by atoms with Gasteiger partial charge in [-0.3, -0.25) is 0 Å². The highest BCUT2D eigenvalue weighted by molar-refractivity contribution is 5.36. The zero-order chi connectivity index (χ0) is 12.8. The molecule has 17 heavy (non-hydrogen) atoms. The highest BCUT2D eigenvalue weighted by Gasteiger charge is 2.06. The van der Waals surface area contributed by atoms with Crippen LogP contribution in [-0.4, -0.2) is 16.0 Å². The Hall–Kier alpha value is -1.12. The molecule has 1 rings (SSSR count). The van der Waals surface area contributed by atoms with Gasteiger partial charge in [-0.05, 0) is 39.0 Å². The van der Waals surface area contributed by atoms with Crippen molar-refractivity contribution < 1.29 is 0 Å². The Bertz CT molecular complexity index is 347. The Balaban J connectivity index is 2.58. The summed E-state index contributed by atoms with van der Waals surface area (Å²) < 4.78 is 0. The van der Waals surface area contributed by atoms with E-state index in [2.05, 4.69) is 49.0 Å². The number of aromatic nitrogens is 2. The molecule has 1 aromatic rings. The summed E-state index contributed by atoms with van der Waals surface area (Å²) in [6.45, 7) is 10.8. The molecule has 1 N–H and O–H groups in total. The zero-order valence-electron chi connectivity index (χ0n) is 11.7. The Morgan fingerprint density at radius 1 is 1.18 bits per heavy atom. The van der Waals surface area contributed by atoms with E-state index < -0.39 is 0 Å². The van der Waals surface area contributed by atoms with Gasteiger partial charge in [-0.15, -0.1) is 0 Å². The molecule has 1 atom stereocenters. The van der Waals surface area contributed by atoms with Gasteiger partial charge in [0.2, 0.25) is 0 Å². The molecule has 0 aliphatic carbocycles. The molecule has 3 nitrogen and oxygen atoms in total. The van der Waals surface area contributed by atoms with Crippen molar-refractivity contribution in [3.05, 3.63) is 17.6 Å². The molecule has 0 amide bonds. The molecule has 1 aromatic heterocycles. The van der Waals surface area contributed by atoms with Crippen LogP contribution in [-0.2, 0) is 6.42 Å². The summed E-state index contributed by atoms with van der Waals surface area (Å²) in [6.07, 6.45) is 3.39. The third-order valence-electron chi connectivity index (χ3n) is 2.82. The fourth-order valence-electron chi connectivity index (χ4n) is 1.79. The Kier molecular flexibility index (Phi) is 5.39. The van der Waals surface area contributed by atoms with E-state index in [1.165, 1.54) is 12.8 Å². The van der Waals surface area contributed by atoms with Crippen LogP contribution in [0.5, 0.6) is 0 Å². The third-order valence-corrected chi connectivity index (χ3v) is 2.82. The Morgan fingerprint density at radius 2 is 1.88 bits per heavy atom. The molecule has 0 aliphatic rings. The van der Waals surface area contributed by atoms with Gasteiger partial charge in [-0.2, -0.15) is 0 Å². The second kappa shape index (κ2) is 6.58. The quantitative estimate of drug-likeness (QED) is 0.819. The summed E-state index contributed by atoms with van der Waals surface area (Å²) in [6, 6.07) is 2.52. The van der Waals surface area contributed by atoms with Crippen LogP contribution in [0.3, 0.4) is 0 Å². The van der Waals surface area contributed by atoms with E-state index in [1.54, 1.807) is 0 Å². The maximum absolute atomic E-state index is 4.43. The van der Waals surface area contributed by atoms with Crippen molar-refractivity contribution in [2.75, 3.05) is 5.32 Å². The molecule has 1 unspecified atom stereocenters. The van der Waals surface area contributed by atoms with Crippen LogP contribution in [0.15, 0.2) is 6.07 Å². The second-order valence-corrected chi connectivity index (χ2v) is 5.16. The van der Waals surface area contributed by atoms with Crippen molar-refractivity contribution >= 4 is 5.82 Å². The second-order valence-electron chi connectivity index (χ2n) is 5.16. The minimum absolute atomic E-state index is 0.469. The minimum atomic E-state index is 0.469. The smallest absolute Gasteiger partial charge is 0.130 e. The van der Waals surface area contributed by atoms with Crippen molar-refractivity contribution in [3.8, 4) is 0 Å². The van der Waals surface area contributed by atoms with Gasteiger partial charge in [0.05, 0.1) is 0 Å². The van der Waals surface area contributed by atoms with Gasteiger partial charge in [0.1, 0.15) is 11.6 Å². The molecule has 0 saturated heterocycles. The molecule has 0 bridgehead atoms. The van der Waals surface area contributed by atoms with E-state index >= 15 is 0 Å². The number of hydrogen-bond donors (Lipinski definition) is 1. The van der Waals surface area contributed by atoms with Crippen molar-refractivity contribution in [3.63, 3.8) is 0 Å². The van der Waals surface area contributed by atoms with Crippen LogP contribution >= 0.6 is 0 Å². The fourth-order valence-corrected chi connectivity index (χ4v) is 1.79. The van der Waals surface area contributed by atoms with Gasteiger partial charge < -0.3 is 5.32 Å². The first-order valence-corrected chi connectivity index (χ1v) is 6.62. The molecule has 96 valence electrons. The third kappa shape index (κ3) is 5.16. The van der Waals surface area contributed by atoms with Gasteiger partial charge >= 0.3 is 0 Å². The van der Waals surface area contributed by atoms with E-state index in [0.29, 0.717) is 6.04 Å². The summed E-state index contributed by atoms with van der Waals surface area (Å²) >= 11 is 0. The summed E-state index contributed by atoms with van der Waals surface area (Å²) in [5, 5.41) is 3.46. The number of hydrogen-bond acceptors (Lipinski definition) is 3. The van der Waals surface area contributed by atoms with Crippen molar-refractivity contribution in [2.24, 2.45) is 5.92 Å². The van der Waals surface area contributed by atoms with Crippen LogP contribution < -0.4 is 5.32 Å². The lowest BCUT2D eigenvalue weighted by atomic mass is 10.0. The summed E-state index contributed by atoms with van der Waals surface area (Å²) in [5.41, 5.74) is 1.11. The normalized spacial score (nSPS) is 12.8. The number of aryl methyl sites for hydroxylation is 2. The molecule has 0 fully saturated rings. The standard InChI is InChI=1S/C14H25N3/c1-6-13-9-14(17-12(5)16-13)15-11(4)8-7-10(2)3/h9-11H,6-8H2,1-5H3,(H,15,16,17). The van der Waals surface area contributed by atoms with Crippen LogP contribution in [0.4, 0.5) is 5.82 Å². The predicted octanol–water partition coefficient (Wildman–Crippen LogP) is 3.58. The largest absolute Gasteiger partial charge is 0.368 e. The average molecular weight is 235 g/mol. The van der Waals surface area contributed by atoms with E-state index in [-0.39, 0.29) is 0 Å². The number of nitrogens with zero attached hydrogens (tertiary/aromatic N) is 2. The lowest BCUT2D eigenvalue weighted by Gasteiger charge is -2.16. The van der Waals surface area contributed by atoms with Gasteiger partial charge in [-0.25, -0.2) is 9.97 Å². The van der Waals surface area contributed by atoms with E-state index in [1.807, 2.05) is 6.92 Å². The van der Waals surface area contributed by atoms with Crippen molar-refractivity contribution in [1.82, 2.24) is 9.97 Å². The first-order chi connectivity index (χ1) is 8.01. The maximum Gasteiger partial charge on any atom is 0.130 e. The summed E-state index contributed by atoms with van der Waals surface area (Å²) in [5.74, 6) is 2.58. The molecule has 0 aliphatic heterocycles. The Labute approximate surface area is 105 Å². The summed E-state index contributed by atoms with van der Waals surface area (Å²) in [7, 11) is 0. The van der Waals surface area contributed by atoms with Gasteiger partial charge in [0.15, 0.2) is 0 Å². The molecular weight excluding hydrogens is 210 g/mol. The van der Waals surface area contributed by atoms with Crippen molar-refractivity contribution in [2.45, 2.75) is 59.9 Å². The molecule has 0 aromatic carbocycles. The summed E-state index contributed by atoms with van der Waals surface area (Å²) in [4.78, 5) is 8.81. The Morgan fingerprint density at radius 3 is 2.47 bits per heavy atom. The number of anilines is 1. The lowest BCUT2D eigenvalue weighted by Crippen LogP contribution is -2.17.